The van der Waals surface area contributed by atoms with Crippen molar-refractivity contribution in [3.8, 4) is 11.6 Å². The first-order valence-corrected chi connectivity index (χ1v) is 8.57. The molecule has 0 unspecified atom stereocenters. The number of rotatable bonds is 6. The number of nitrogens with zero attached hydrogens (tertiary/aromatic N) is 4. The van der Waals surface area contributed by atoms with E-state index in [4.69, 9.17) is 14.6 Å². The van der Waals surface area contributed by atoms with Crippen LogP contribution in [0.3, 0.4) is 0 Å². The Bertz CT molecular complexity index is 685. The molecule has 0 atom stereocenters. The Kier molecular flexibility index (Phi) is 5.65. The SMILES string of the molecule is Cc1ncc(C)c(N2CCC(Oc3ccc(OCCO)nc3)CC2)n1. The van der Waals surface area contributed by atoms with Crippen molar-refractivity contribution in [3.05, 3.63) is 35.9 Å². The third-order valence-corrected chi connectivity index (χ3v) is 4.16. The maximum atomic E-state index is 8.75. The van der Waals surface area contributed by atoms with Gasteiger partial charge in [-0.3, -0.25) is 0 Å². The zero-order valence-corrected chi connectivity index (χ0v) is 14.7. The van der Waals surface area contributed by atoms with Crippen LogP contribution in [-0.2, 0) is 0 Å². The summed E-state index contributed by atoms with van der Waals surface area (Å²) in [6.45, 7) is 6.00. The maximum Gasteiger partial charge on any atom is 0.213 e. The minimum absolute atomic E-state index is 0.0240. The molecule has 1 aliphatic rings. The Morgan fingerprint density at radius 3 is 2.64 bits per heavy atom. The number of aliphatic hydroxyl groups is 1. The summed E-state index contributed by atoms with van der Waals surface area (Å²) in [6.07, 6.45) is 5.59. The average molecular weight is 344 g/mol. The van der Waals surface area contributed by atoms with Crippen molar-refractivity contribution in [1.29, 1.82) is 0 Å². The Morgan fingerprint density at radius 1 is 1.16 bits per heavy atom. The number of aryl methyl sites for hydroxylation is 2. The molecule has 0 saturated carbocycles. The lowest BCUT2D eigenvalue weighted by atomic mass is 10.1. The van der Waals surface area contributed by atoms with Crippen molar-refractivity contribution in [3.63, 3.8) is 0 Å². The summed E-state index contributed by atoms with van der Waals surface area (Å²) >= 11 is 0. The summed E-state index contributed by atoms with van der Waals surface area (Å²) in [4.78, 5) is 15.3. The normalized spacial score (nSPS) is 15.2. The van der Waals surface area contributed by atoms with E-state index in [2.05, 4.69) is 19.9 Å². The predicted octanol–water partition coefficient (Wildman–Crippen LogP) is 1.91. The molecule has 25 heavy (non-hydrogen) atoms. The molecule has 0 aliphatic carbocycles. The standard InChI is InChI=1S/C18H24N4O3/c1-13-11-19-14(2)21-18(13)22-7-5-15(6-8-22)25-16-3-4-17(20-12-16)24-10-9-23/h3-4,11-12,15,23H,5-10H2,1-2H3. The molecule has 0 radical (unpaired) electrons. The number of piperidine rings is 1. The molecular formula is C18H24N4O3. The lowest BCUT2D eigenvalue weighted by Crippen LogP contribution is -2.39. The van der Waals surface area contributed by atoms with Gasteiger partial charge in [0.2, 0.25) is 5.88 Å². The van der Waals surface area contributed by atoms with Crippen molar-refractivity contribution < 1.29 is 14.6 Å². The number of aliphatic hydroxyl groups excluding tert-OH is 1. The molecule has 1 fully saturated rings. The van der Waals surface area contributed by atoms with Crippen LogP contribution in [0.25, 0.3) is 0 Å². The van der Waals surface area contributed by atoms with Gasteiger partial charge in [-0.15, -0.1) is 0 Å². The summed E-state index contributed by atoms with van der Waals surface area (Å²) in [7, 11) is 0. The molecular weight excluding hydrogens is 320 g/mol. The molecule has 2 aromatic rings. The Labute approximate surface area is 147 Å². The number of aromatic nitrogens is 3. The van der Waals surface area contributed by atoms with Crippen LogP contribution in [0.2, 0.25) is 0 Å². The molecule has 3 heterocycles. The van der Waals surface area contributed by atoms with E-state index >= 15 is 0 Å². The quantitative estimate of drug-likeness (QED) is 0.857. The number of hydrogen-bond donors (Lipinski definition) is 1. The molecule has 1 aliphatic heterocycles. The van der Waals surface area contributed by atoms with Gasteiger partial charge in [0.15, 0.2) is 0 Å². The summed E-state index contributed by atoms with van der Waals surface area (Å²) in [6, 6.07) is 3.61. The fraction of sp³-hybridized carbons (Fsp3) is 0.500. The van der Waals surface area contributed by atoms with Crippen molar-refractivity contribution in [2.75, 3.05) is 31.2 Å². The van der Waals surface area contributed by atoms with Crippen molar-refractivity contribution in [1.82, 2.24) is 15.0 Å². The molecule has 1 saturated heterocycles. The van der Waals surface area contributed by atoms with Gasteiger partial charge in [0.1, 0.15) is 30.1 Å². The Hall–Kier alpha value is -2.41. The second kappa shape index (κ2) is 8.11. The van der Waals surface area contributed by atoms with Gasteiger partial charge in [-0.2, -0.15) is 0 Å². The van der Waals surface area contributed by atoms with Gasteiger partial charge in [-0.25, -0.2) is 15.0 Å². The van der Waals surface area contributed by atoms with Gasteiger partial charge in [-0.1, -0.05) is 0 Å². The van der Waals surface area contributed by atoms with E-state index in [1.54, 1.807) is 12.3 Å². The maximum absolute atomic E-state index is 8.75. The second-order valence-electron chi connectivity index (χ2n) is 6.13. The molecule has 0 amide bonds. The van der Waals surface area contributed by atoms with Crippen LogP contribution in [0.4, 0.5) is 5.82 Å². The molecule has 0 bridgehead atoms. The smallest absolute Gasteiger partial charge is 0.213 e. The van der Waals surface area contributed by atoms with E-state index in [1.165, 1.54) is 0 Å². The molecule has 7 nitrogen and oxygen atoms in total. The molecule has 2 aromatic heterocycles. The van der Waals surface area contributed by atoms with Crippen LogP contribution in [0, 0.1) is 13.8 Å². The van der Waals surface area contributed by atoms with E-state index < -0.39 is 0 Å². The van der Waals surface area contributed by atoms with Crippen LogP contribution in [0.15, 0.2) is 24.5 Å². The van der Waals surface area contributed by atoms with Gasteiger partial charge in [-0.05, 0) is 19.9 Å². The lowest BCUT2D eigenvalue weighted by molar-refractivity contribution is 0.169. The van der Waals surface area contributed by atoms with Crippen LogP contribution in [0.5, 0.6) is 11.6 Å². The first kappa shape index (κ1) is 17.4. The molecule has 3 rings (SSSR count). The largest absolute Gasteiger partial charge is 0.489 e. The van der Waals surface area contributed by atoms with Crippen molar-refractivity contribution in [2.24, 2.45) is 0 Å². The van der Waals surface area contributed by atoms with E-state index in [-0.39, 0.29) is 19.3 Å². The van der Waals surface area contributed by atoms with Crippen LogP contribution < -0.4 is 14.4 Å². The van der Waals surface area contributed by atoms with Gasteiger partial charge >= 0.3 is 0 Å². The average Bonchev–Trinajstić information content (AvgIpc) is 2.64. The van der Waals surface area contributed by atoms with Crippen LogP contribution in [0.1, 0.15) is 24.2 Å². The topological polar surface area (TPSA) is 80.6 Å². The monoisotopic (exact) mass is 344 g/mol. The minimum atomic E-state index is -0.0240. The highest BCUT2D eigenvalue weighted by Crippen LogP contribution is 2.24. The van der Waals surface area contributed by atoms with Gasteiger partial charge in [0, 0.05) is 43.8 Å². The summed E-state index contributed by atoms with van der Waals surface area (Å²) in [5.41, 5.74) is 1.10. The number of ether oxygens (including phenoxy) is 2. The molecule has 1 N–H and O–H groups in total. The summed E-state index contributed by atoms with van der Waals surface area (Å²) in [5.74, 6) is 3.06. The van der Waals surface area contributed by atoms with Crippen molar-refractivity contribution in [2.45, 2.75) is 32.8 Å². The third-order valence-electron chi connectivity index (χ3n) is 4.16. The van der Waals surface area contributed by atoms with Gasteiger partial charge in [0.25, 0.3) is 0 Å². The van der Waals surface area contributed by atoms with E-state index in [1.807, 2.05) is 26.1 Å². The minimum Gasteiger partial charge on any atom is -0.489 e. The Morgan fingerprint density at radius 2 is 1.96 bits per heavy atom. The van der Waals surface area contributed by atoms with E-state index in [9.17, 15) is 0 Å². The lowest BCUT2D eigenvalue weighted by Gasteiger charge is -2.33. The Balaban J connectivity index is 1.53. The van der Waals surface area contributed by atoms with Crippen LogP contribution >= 0.6 is 0 Å². The third kappa shape index (κ3) is 4.57. The highest BCUT2D eigenvalue weighted by molar-refractivity contribution is 5.45. The highest BCUT2D eigenvalue weighted by atomic mass is 16.5. The highest BCUT2D eigenvalue weighted by Gasteiger charge is 2.22. The van der Waals surface area contributed by atoms with Gasteiger partial charge in [0.05, 0.1) is 12.8 Å². The predicted molar refractivity (Wildman–Crippen MR) is 94.2 cm³/mol. The van der Waals surface area contributed by atoms with E-state index in [0.717, 1.165) is 48.9 Å². The zero-order chi connectivity index (χ0) is 17.6. The summed E-state index contributed by atoms with van der Waals surface area (Å²) in [5, 5.41) is 8.75. The molecule has 134 valence electrons. The molecule has 7 heteroatoms. The first-order valence-electron chi connectivity index (χ1n) is 8.57. The van der Waals surface area contributed by atoms with E-state index in [0.29, 0.717) is 5.88 Å². The number of pyridine rings is 1. The fourth-order valence-corrected chi connectivity index (χ4v) is 2.89. The van der Waals surface area contributed by atoms with Crippen LogP contribution in [-0.4, -0.2) is 52.5 Å². The number of hydrogen-bond acceptors (Lipinski definition) is 7. The fourth-order valence-electron chi connectivity index (χ4n) is 2.89. The first-order chi connectivity index (χ1) is 12.2. The molecule has 0 aromatic carbocycles. The summed E-state index contributed by atoms with van der Waals surface area (Å²) < 4.78 is 11.3. The second-order valence-corrected chi connectivity index (χ2v) is 6.13. The number of anilines is 1. The van der Waals surface area contributed by atoms with Crippen molar-refractivity contribution >= 4 is 5.82 Å². The van der Waals surface area contributed by atoms with Gasteiger partial charge < -0.3 is 19.5 Å². The molecule has 0 spiro atoms. The zero-order valence-electron chi connectivity index (χ0n) is 14.7.